The molecule has 0 aliphatic rings. The highest BCUT2D eigenvalue weighted by molar-refractivity contribution is 5.36. The molecule has 0 bridgehead atoms. The minimum Gasteiger partial charge on any atom is -0.377 e. The van der Waals surface area contributed by atoms with E-state index in [-0.39, 0.29) is 0 Å². The maximum atomic E-state index is 5.60. The molecule has 0 radical (unpaired) electrons. The SMILES string of the molecule is CCCCCOCc1ccnc(NCC)c1. The summed E-state index contributed by atoms with van der Waals surface area (Å²) in [4.78, 5) is 4.22. The third-order valence-corrected chi connectivity index (χ3v) is 2.34. The van der Waals surface area contributed by atoms with Crippen LogP contribution >= 0.6 is 0 Å². The van der Waals surface area contributed by atoms with Gasteiger partial charge in [0, 0.05) is 19.3 Å². The van der Waals surface area contributed by atoms with Gasteiger partial charge in [-0.3, -0.25) is 0 Å². The van der Waals surface area contributed by atoms with E-state index in [2.05, 4.69) is 24.1 Å². The van der Waals surface area contributed by atoms with Crippen LogP contribution in [-0.2, 0) is 11.3 Å². The van der Waals surface area contributed by atoms with Gasteiger partial charge >= 0.3 is 0 Å². The van der Waals surface area contributed by atoms with Crippen molar-refractivity contribution < 1.29 is 4.74 Å². The van der Waals surface area contributed by atoms with Crippen molar-refractivity contribution in [3.05, 3.63) is 23.9 Å². The summed E-state index contributed by atoms with van der Waals surface area (Å²) in [5, 5.41) is 3.19. The van der Waals surface area contributed by atoms with Crippen molar-refractivity contribution in [2.75, 3.05) is 18.5 Å². The van der Waals surface area contributed by atoms with Gasteiger partial charge in [-0.25, -0.2) is 4.98 Å². The van der Waals surface area contributed by atoms with Crippen molar-refractivity contribution in [2.45, 2.75) is 39.7 Å². The van der Waals surface area contributed by atoms with Crippen molar-refractivity contribution in [1.82, 2.24) is 4.98 Å². The molecule has 0 atom stereocenters. The van der Waals surface area contributed by atoms with Gasteiger partial charge < -0.3 is 10.1 Å². The predicted octanol–water partition coefficient (Wildman–Crippen LogP) is 3.22. The average molecular weight is 222 g/mol. The molecular weight excluding hydrogens is 200 g/mol. The smallest absolute Gasteiger partial charge is 0.126 e. The van der Waals surface area contributed by atoms with Crippen molar-refractivity contribution in [2.24, 2.45) is 0 Å². The summed E-state index contributed by atoms with van der Waals surface area (Å²) in [5.74, 6) is 0.928. The maximum absolute atomic E-state index is 5.60. The lowest BCUT2D eigenvalue weighted by molar-refractivity contribution is 0.117. The first kappa shape index (κ1) is 13.0. The van der Waals surface area contributed by atoms with Gasteiger partial charge in [-0.2, -0.15) is 0 Å². The second-order valence-electron chi connectivity index (χ2n) is 3.84. The number of anilines is 1. The Balaban J connectivity index is 2.27. The summed E-state index contributed by atoms with van der Waals surface area (Å²) in [7, 11) is 0. The fraction of sp³-hybridized carbons (Fsp3) is 0.615. The van der Waals surface area contributed by atoms with Gasteiger partial charge in [-0.15, -0.1) is 0 Å². The normalized spacial score (nSPS) is 10.4. The Kier molecular flexibility index (Phi) is 6.58. The zero-order valence-electron chi connectivity index (χ0n) is 10.3. The number of rotatable bonds is 8. The summed E-state index contributed by atoms with van der Waals surface area (Å²) in [6, 6.07) is 4.05. The van der Waals surface area contributed by atoms with E-state index in [1.54, 1.807) is 0 Å². The fourth-order valence-corrected chi connectivity index (χ4v) is 1.49. The second-order valence-corrected chi connectivity index (χ2v) is 3.84. The van der Waals surface area contributed by atoms with Gasteiger partial charge in [0.1, 0.15) is 5.82 Å². The third-order valence-electron chi connectivity index (χ3n) is 2.34. The van der Waals surface area contributed by atoms with E-state index in [1.165, 1.54) is 18.4 Å². The highest BCUT2D eigenvalue weighted by Gasteiger charge is 1.96. The lowest BCUT2D eigenvalue weighted by Crippen LogP contribution is -2.01. The van der Waals surface area contributed by atoms with E-state index in [4.69, 9.17) is 4.74 Å². The Hall–Kier alpha value is -1.09. The van der Waals surface area contributed by atoms with Crippen LogP contribution in [-0.4, -0.2) is 18.1 Å². The quantitative estimate of drug-likeness (QED) is 0.686. The Morgan fingerprint density at radius 1 is 1.31 bits per heavy atom. The van der Waals surface area contributed by atoms with Crippen molar-refractivity contribution in [1.29, 1.82) is 0 Å². The number of hydrogen-bond donors (Lipinski definition) is 1. The van der Waals surface area contributed by atoms with Crippen LogP contribution in [0.4, 0.5) is 5.82 Å². The van der Waals surface area contributed by atoms with Crippen molar-refractivity contribution in [3.63, 3.8) is 0 Å². The molecule has 0 amide bonds. The molecule has 0 aromatic carbocycles. The van der Waals surface area contributed by atoms with Gasteiger partial charge in [-0.05, 0) is 31.0 Å². The molecule has 0 fully saturated rings. The van der Waals surface area contributed by atoms with Crippen LogP contribution < -0.4 is 5.32 Å². The molecule has 0 spiro atoms. The van der Waals surface area contributed by atoms with Crippen LogP contribution in [0, 0.1) is 0 Å². The zero-order chi connectivity index (χ0) is 11.6. The Morgan fingerprint density at radius 3 is 2.94 bits per heavy atom. The highest BCUT2D eigenvalue weighted by atomic mass is 16.5. The van der Waals surface area contributed by atoms with Crippen LogP contribution in [0.5, 0.6) is 0 Å². The lowest BCUT2D eigenvalue weighted by Gasteiger charge is -2.06. The molecule has 90 valence electrons. The molecule has 1 rings (SSSR count). The molecule has 16 heavy (non-hydrogen) atoms. The van der Waals surface area contributed by atoms with E-state index < -0.39 is 0 Å². The number of nitrogens with zero attached hydrogens (tertiary/aromatic N) is 1. The molecule has 1 N–H and O–H groups in total. The number of hydrogen-bond acceptors (Lipinski definition) is 3. The van der Waals surface area contributed by atoms with E-state index in [9.17, 15) is 0 Å². The van der Waals surface area contributed by atoms with Crippen LogP contribution in [0.25, 0.3) is 0 Å². The van der Waals surface area contributed by atoms with E-state index in [0.717, 1.165) is 25.4 Å². The van der Waals surface area contributed by atoms with Gasteiger partial charge in [0.15, 0.2) is 0 Å². The monoisotopic (exact) mass is 222 g/mol. The third kappa shape index (κ3) is 5.12. The molecule has 3 nitrogen and oxygen atoms in total. The first-order chi connectivity index (χ1) is 7.86. The standard InChI is InChI=1S/C13H22N2O/c1-3-5-6-9-16-11-12-7-8-15-13(10-12)14-4-2/h7-8,10H,3-6,9,11H2,1-2H3,(H,14,15). The van der Waals surface area contributed by atoms with Crippen molar-refractivity contribution in [3.8, 4) is 0 Å². The minimum atomic E-state index is 0.685. The summed E-state index contributed by atoms with van der Waals surface area (Å²) in [6.07, 6.45) is 5.46. The maximum Gasteiger partial charge on any atom is 0.126 e. The molecule has 0 aliphatic heterocycles. The van der Waals surface area contributed by atoms with Crippen LogP contribution in [0.2, 0.25) is 0 Å². The van der Waals surface area contributed by atoms with Crippen molar-refractivity contribution >= 4 is 5.82 Å². The number of pyridine rings is 1. The number of nitrogens with one attached hydrogen (secondary N) is 1. The highest BCUT2D eigenvalue weighted by Crippen LogP contribution is 2.08. The molecule has 1 heterocycles. The average Bonchev–Trinajstić information content (AvgIpc) is 2.30. The van der Waals surface area contributed by atoms with Crippen LogP contribution in [0.1, 0.15) is 38.7 Å². The van der Waals surface area contributed by atoms with Gasteiger partial charge in [0.05, 0.1) is 6.61 Å². The van der Waals surface area contributed by atoms with E-state index in [0.29, 0.717) is 6.61 Å². The van der Waals surface area contributed by atoms with E-state index >= 15 is 0 Å². The fourth-order valence-electron chi connectivity index (χ4n) is 1.49. The van der Waals surface area contributed by atoms with Crippen LogP contribution in [0.15, 0.2) is 18.3 Å². The molecule has 0 aliphatic carbocycles. The summed E-state index contributed by atoms with van der Waals surface area (Å²) < 4.78 is 5.60. The van der Waals surface area contributed by atoms with Gasteiger partial charge in [-0.1, -0.05) is 19.8 Å². The van der Waals surface area contributed by atoms with Gasteiger partial charge in [0.25, 0.3) is 0 Å². The Morgan fingerprint density at radius 2 is 2.19 bits per heavy atom. The first-order valence-corrected chi connectivity index (χ1v) is 6.13. The number of unbranched alkanes of at least 4 members (excludes halogenated alkanes) is 2. The second kappa shape index (κ2) is 8.11. The van der Waals surface area contributed by atoms with Crippen LogP contribution in [0.3, 0.4) is 0 Å². The number of aromatic nitrogens is 1. The first-order valence-electron chi connectivity index (χ1n) is 6.13. The molecule has 1 aromatic rings. The predicted molar refractivity (Wildman–Crippen MR) is 67.6 cm³/mol. The topological polar surface area (TPSA) is 34.1 Å². The molecule has 0 saturated heterocycles. The zero-order valence-corrected chi connectivity index (χ0v) is 10.3. The summed E-state index contributed by atoms with van der Waals surface area (Å²) >= 11 is 0. The number of ether oxygens (including phenoxy) is 1. The molecule has 0 saturated carbocycles. The lowest BCUT2D eigenvalue weighted by atomic mass is 10.2. The molecule has 1 aromatic heterocycles. The Labute approximate surface area is 98.2 Å². The molecule has 0 unspecified atom stereocenters. The summed E-state index contributed by atoms with van der Waals surface area (Å²) in [6.45, 7) is 6.70. The largest absolute Gasteiger partial charge is 0.377 e. The minimum absolute atomic E-state index is 0.685. The summed E-state index contributed by atoms with van der Waals surface area (Å²) in [5.41, 5.74) is 1.18. The Bertz CT molecular complexity index is 289. The molecule has 3 heteroatoms. The van der Waals surface area contributed by atoms with E-state index in [1.807, 2.05) is 18.3 Å². The van der Waals surface area contributed by atoms with Gasteiger partial charge in [0.2, 0.25) is 0 Å². The molecular formula is C13H22N2O.